The van der Waals surface area contributed by atoms with Gasteiger partial charge in [0.1, 0.15) is 29.6 Å². The van der Waals surface area contributed by atoms with Gasteiger partial charge in [0.15, 0.2) is 5.82 Å². The van der Waals surface area contributed by atoms with Gasteiger partial charge in [0.2, 0.25) is 5.90 Å². The third kappa shape index (κ3) is 5.19. The minimum Gasteiger partial charge on any atom is -0.493 e. The highest BCUT2D eigenvalue weighted by atomic mass is 19.1. The first kappa shape index (κ1) is 22.5. The summed E-state index contributed by atoms with van der Waals surface area (Å²) < 4.78 is 45.1. The van der Waals surface area contributed by atoms with Gasteiger partial charge in [-0.1, -0.05) is 19.0 Å². The van der Waals surface area contributed by atoms with Gasteiger partial charge >= 0.3 is 6.01 Å². The predicted octanol–water partition coefficient (Wildman–Crippen LogP) is 4.71. The number of aliphatic imine (C=N–C) groups is 1. The van der Waals surface area contributed by atoms with E-state index in [9.17, 15) is 8.78 Å². The van der Waals surface area contributed by atoms with Crippen molar-refractivity contribution < 1.29 is 22.8 Å². The second-order valence-electron chi connectivity index (χ2n) is 8.87. The van der Waals surface area contributed by atoms with Crippen LogP contribution in [0, 0.1) is 17.6 Å². The molecule has 0 aliphatic carbocycles. The van der Waals surface area contributed by atoms with Crippen molar-refractivity contribution in [1.82, 2.24) is 10.1 Å². The number of halogens is 2. The monoisotopic (exact) mass is 448 g/mol. The number of rotatable bonds is 8. The lowest BCUT2D eigenvalue weighted by molar-refractivity contribution is 0.274. The standard InChI is InChI=1S/C23H30F2N4O3/c1-14(2)21-27-23(32-28-21)29-8-6-16(7-9-29)5-4-10-30-17-11-18(24)20(19(25)12-17)22-26-15(3)13-31-22/h11-12,14-16H,4-10,13H2,1-3H3. The number of hydrogen-bond donors (Lipinski definition) is 0. The molecule has 2 aliphatic rings. The third-order valence-corrected chi connectivity index (χ3v) is 5.89. The normalized spacial score (nSPS) is 19.4. The number of aromatic nitrogens is 2. The maximum absolute atomic E-state index is 14.4. The summed E-state index contributed by atoms with van der Waals surface area (Å²) in [5.41, 5.74) is -0.227. The minimum atomic E-state index is -0.720. The van der Waals surface area contributed by atoms with Crippen molar-refractivity contribution in [3.05, 3.63) is 35.2 Å². The van der Waals surface area contributed by atoms with Crippen molar-refractivity contribution in [2.24, 2.45) is 10.9 Å². The van der Waals surface area contributed by atoms with Crippen molar-refractivity contribution in [3.63, 3.8) is 0 Å². The molecule has 32 heavy (non-hydrogen) atoms. The number of benzene rings is 1. The zero-order valence-electron chi connectivity index (χ0n) is 18.8. The van der Waals surface area contributed by atoms with Crippen LogP contribution in [0.3, 0.4) is 0 Å². The highest BCUT2D eigenvalue weighted by Gasteiger charge is 2.25. The van der Waals surface area contributed by atoms with Crippen molar-refractivity contribution in [2.45, 2.75) is 58.4 Å². The van der Waals surface area contributed by atoms with E-state index < -0.39 is 11.6 Å². The van der Waals surface area contributed by atoms with E-state index >= 15 is 0 Å². The van der Waals surface area contributed by atoms with Crippen LogP contribution in [0.25, 0.3) is 0 Å². The van der Waals surface area contributed by atoms with E-state index in [2.05, 4.69) is 20.0 Å². The van der Waals surface area contributed by atoms with Crippen molar-refractivity contribution in [1.29, 1.82) is 0 Å². The highest BCUT2D eigenvalue weighted by molar-refractivity contribution is 5.95. The zero-order valence-corrected chi connectivity index (χ0v) is 18.8. The quantitative estimate of drug-likeness (QED) is 0.545. The molecule has 4 rings (SSSR count). The van der Waals surface area contributed by atoms with Crippen LogP contribution in [0.2, 0.25) is 0 Å². The molecule has 0 saturated carbocycles. The lowest BCUT2D eigenvalue weighted by Crippen LogP contribution is -2.34. The number of hydrogen-bond acceptors (Lipinski definition) is 7. The summed E-state index contributed by atoms with van der Waals surface area (Å²) in [6, 6.07) is 2.89. The van der Waals surface area contributed by atoms with E-state index in [-0.39, 0.29) is 29.2 Å². The van der Waals surface area contributed by atoms with Gasteiger partial charge in [-0.05, 0) is 38.5 Å². The Bertz CT molecular complexity index is 931. The van der Waals surface area contributed by atoms with Gasteiger partial charge in [-0.3, -0.25) is 0 Å². The van der Waals surface area contributed by atoms with Crippen LogP contribution in [0.4, 0.5) is 14.8 Å². The highest BCUT2D eigenvalue weighted by Crippen LogP contribution is 2.27. The van der Waals surface area contributed by atoms with E-state index in [1.165, 1.54) is 12.1 Å². The summed E-state index contributed by atoms with van der Waals surface area (Å²) in [5, 5.41) is 4.03. The van der Waals surface area contributed by atoms with Gasteiger partial charge in [0, 0.05) is 31.1 Å². The minimum absolute atomic E-state index is 0.0198. The summed E-state index contributed by atoms with van der Waals surface area (Å²) in [4.78, 5) is 10.7. The Balaban J connectivity index is 1.21. The molecule has 3 heterocycles. The average Bonchev–Trinajstić information content (AvgIpc) is 3.41. The number of nitrogens with zero attached hydrogens (tertiary/aromatic N) is 4. The van der Waals surface area contributed by atoms with E-state index in [0.29, 0.717) is 25.1 Å². The molecular formula is C23H30F2N4O3. The smallest absolute Gasteiger partial charge is 0.324 e. The second kappa shape index (κ2) is 9.83. The van der Waals surface area contributed by atoms with Crippen molar-refractivity contribution >= 4 is 11.9 Å². The Morgan fingerprint density at radius 2 is 1.91 bits per heavy atom. The molecule has 1 atom stereocenters. The van der Waals surface area contributed by atoms with Crippen molar-refractivity contribution in [3.8, 4) is 5.75 Å². The van der Waals surface area contributed by atoms with Gasteiger partial charge in [0.05, 0.1) is 12.6 Å². The molecule has 1 saturated heterocycles. The molecule has 0 amide bonds. The zero-order chi connectivity index (χ0) is 22.7. The van der Waals surface area contributed by atoms with Crippen LogP contribution in [0.1, 0.15) is 63.8 Å². The Hall–Kier alpha value is -2.71. The molecule has 174 valence electrons. The summed E-state index contributed by atoms with van der Waals surface area (Å²) in [7, 11) is 0. The van der Waals surface area contributed by atoms with E-state index in [1.54, 1.807) is 0 Å². The van der Waals surface area contributed by atoms with Gasteiger partial charge in [-0.15, -0.1) is 0 Å². The Labute approximate surface area is 186 Å². The summed E-state index contributed by atoms with van der Waals surface area (Å²) in [6.45, 7) is 8.42. The lowest BCUT2D eigenvalue weighted by atomic mass is 9.92. The summed E-state index contributed by atoms with van der Waals surface area (Å²) in [6.07, 6.45) is 3.90. The lowest BCUT2D eigenvalue weighted by Gasteiger charge is -2.30. The molecule has 2 aliphatic heterocycles. The molecular weight excluding hydrogens is 418 g/mol. The molecule has 0 spiro atoms. The maximum Gasteiger partial charge on any atom is 0.324 e. The average molecular weight is 449 g/mol. The van der Waals surface area contributed by atoms with Crippen LogP contribution >= 0.6 is 0 Å². The fourth-order valence-corrected chi connectivity index (χ4v) is 4.01. The topological polar surface area (TPSA) is 73.0 Å². The number of ether oxygens (including phenoxy) is 2. The SMILES string of the molecule is CC1COC(c2c(F)cc(OCCCC3CCN(c4nc(C(C)C)no4)CC3)cc2F)=N1. The van der Waals surface area contributed by atoms with Crippen LogP contribution in [0.15, 0.2) is 21.6 Å². The first-order valence-electron chi connectivity index (χ1n) is 11.3. The molecule has 0 radical (unpaired) electrons. The van der Waals surface area contributed by atoms with Crippen LogP contribution < -0.4 is 9.64 Å². The Morgan fingerprint density at radius 3 is 2.50 bits per heavy atom. The van der Waals surface area contributed by atoms with Gasteiger partial charge in [0.25, 0.3) is 0 Å². The fourth-order valence-electron chi connectivity index (χ4n) is 4.01. The van der Waals surface area contributed by atoms with E-state index in [4.69, 9.17) is 14.0 Å². The first-order valence-corrected chi connectivity index (χ1v) is 11.3. The third-order valence-electron chi connectivity index (χ3n) is 5.89. The van der Waals surface area contributed by atoms with Crippen molar-refractivity contribution in [2.75, 3.05) is 31.2 Å². The molecule has 1 aromatic heterocycles. The molecule has 2 aromatic rings. The molecule has 0 bridgehead atoms. The van der Waals surface area contributed by atoms with E-state index in [0.717, 1.165) is 44.6 Å². The predicted molar refractivity (Wildman–Crippen MR) is 116 cm³/mol. The molecule has 0 N–H and O–H groups in total. The van der Waals surface area contributed by atoms with Crippen LogP contribution in [-0.2, 0) is 4.74 Å². The maximum atomic E-state index is 14.4. The van der Waals surface area contributed by atoms with E-state index in [1.807, 2.05) is 20.8 Å². The molecule has 1 unspecified atom stereocenters. The summed E-state index contributed by atoms with van der Waals surface area (Å²) in [5.74, 6) is 0.325. The Kier molecular flexibility index (Phi) is 6.91. The number of piperidine rings is 1. The molecule has 1 aromatic carbocycles. The van der Waals surface area contributed by atoms with Crippen LogP contribution in [0.5, 0.6) is 5.75 Å². The first-order chi connectivity index (χ1) is 15.4. The summed E-state index contributed by atoms with van der Waals surface area (Å²) >= 11 is 0. The molecule has 7 nitrogen and oxygen atoms in total. The number of anilines is 1. The van der Waals surface area contributed by atoms with Gasteiger partial charge in [-0.25, -0.2) is 13.8 Å². The fraction of sp³-hybridized carbons (Fsp3) is 0.609. The Morgan fingerprint density at radius 1 is 1.19 bits per heavy atom. The molecule has 9 heteroatoms. The second-order valence-corrected chi connectivity index (χ2v) is 8.87. The molecule has 1 fully saturated rings. The van der Waals surface area contributed by atoms with Gasteiger partial charge in [-0.2, -0.15) is 4.98 Å². The van der Waals surface area contributed by atoms with Gasteiger partial charge < -0.3 is 18.9 Å². The van der Waals surface area contributed by atoms with Crippen LogP contribution in [-0.4, -0.2) is 48.4 Å². The largest absolute Gasteiger partial charge is 0.493 e.